The molecule has 2 aromatic carbocycles. The maximum Gasteiger partial charge on any atom is 0 e. The molecule has 0 nitrogen and oxygen atoms in total. The van der Waals surface area contributed by atoms with E-state index in [1.54, 1.807) is 0 Å². The summed E-state index contributed by atoms with van der Waals surface area (Å²) in [5, 5.41) is 0. The Morgan fingerprint density at radius 1 is 0.875 bits per heavy atom. The average molecular weight is 256 g/mol. The van der Waals surface area contributed by atoms with Gasteiger partial charge in [0.1, 0.15) is 0 Å². The fraction of sp³-hybridized carbons (Fsp3) is 0.333. The molecule has 0 heterocycles. The molecule has 16 heavy (non-hydrogen) atoms. The van der Waals surface area contributed by atoms with Crippen molar-refractivity contribution in [2.75, 3.05) is 0 Å². The SMILES string of the molecule is CCCCC[c-]1cccc1.[Fe].[cH-]1[cH-][cH-][cH-][cH-]1. The van der Waals surface area contributed by atoms with Gasteiger partial charge in [0.05, 0.1) is 0 Å². The van der Waals surface area contributed by atoms with Gasteiger partial charge >= 0.3 is 0 Å². The molecule has 0 atom stereocenters. The number of hydrogen-bond acceptors (Lipinski definition) is 0. The van der Waals surface area contributed by atoms with Crippen molar-refractivity contribution in [2.45, 2.75) is 32.6 Å². The van der Waals surface area contributed by atoms with Gasteiger partial charge in [-0.2, -0.15) is 17.7 Å². The van der Waals surface area contributed by atoms with E-state index in [1.165, 1.54) is 31.2 Å². The first-order valence-electron chi connectivity index (χ1n) is 5.80. The van der Waals surface area contributed by atoms with Crippen molar-refractivity contribution in [1.29, 1.82) is 0 Å². The van der Waals surface area contributed by atoms with Gasteiger partial charge in [-0.3, -0.25) is 0 Å². The molecule has 0 N–H and O–H groups in total. The first kappa shape index (κ1) is 15.2. The molecular weight excluding hydrogens is 236 g/mol. The van der Waals surface area contributed by atoms with Crippen LogP contribution in [-0.4, -0.2) is 0 Å². The quantitative estimate of drug-likeness (QED) is 0.428. The van der Waals surface area contributed by atoms with Crippen LogP contribution >= 0.6 is 0 Å². The fourth-order valence-corrected chi connectivity index (χ4v) is 1.48. The number of aryl methyl sites for hydroxylation is 1. The maximum absolute atomic E-state index is 2.24. The van der Waals surface area contributed by atoms with E-state index in [-0.39, 0.29) is 17.1 Å². The smallest absolute Gasteiger partial charge is 0 e. The van der Waals surface area contributed by atoms with Crippen molar-refractivity contribution in [3.8, 4) is 0 Å². The molecule has 1 heteroatoms. The summed E-state index contributed by atoms with van der Waals surface area (Å²) < 4.78 is 0. The summed E-state index contributed by atoms with van der Waals surface area (Å²) in [6.07, 6.45) is 5.30. The number of unbranched alkanes of at least 4 members (excludes halogenated alkanes) is 2. The van der Waals surface area contributed by atoms with Gasteiger partial charge in [0, 0.05) is 17.1 Å². The normalized spacial score (nSPS) is 8.81. The molecule has 0 bridgehead atoms. The van der Waals surface area contributed by atoms with Gasteiger partial charge in [0.2, 0.25) is 0 Å². The van der Waals surface area contributed by atoms with Crippen LogP contribution in [0.1, 0.15) is 31.7 Å². The molecule has 94 valence electrons. The van der Waals surface area contributed by atoms with Crippen molar-refractivity contribution in [3.05, 3.63) is 60.2 Å². The van der Waals surface area contributed by atoms with Crippen molar-refractivity contribution in [2.24, 2.45) is 0 Å². The molecular formula is C15H20Fe-6. The summed E-state index contributed by atoms with van der Waals surface area (Å²) >= 11 is 0. The molecule has 2 aromatic rings. The van der Waals surface area contributed by atoms with Gasteiger partial charge in [0.25, 0.3) is 0 Å². The van der Waals surface area contributed by atoms with Gasteiger partial charge in [0.15, 0.2) is 0 Å². The van der Waals surface area contributed by atoms with E-state index in [2.05, 4.69) is 31.2 Å². The van der Waals surface area contributed by atoms with Crippen LogP contribution < -0.4 is 0 Å². The van der Waals surface area contributed by atoms with E-state index in [9.17, 15) is 0 Å². The molecule has 2 rings (SSSR count). The van der Waals surface area contributed by atoms with E-state index in [1.807, 2.05) is 30.3 Å². The second kappa shape index (κ2) is 10.7. The van der Waals surface area contributed by atoms with E-state index in [4.69, 9.17) is 0 Å². The second-order valence-corrected chi connectivity index (χ2v) is 3.71. The molecule has 0 aliphatic rings. The number of hydrogen-bond donors (Lipinski definition) is 0. The van der Waals surface area contributed by atoms with Crippen molar-refractivity contribution >= 4 is 0 Å². The molecule has 0 aromatic heterocycles. The molecule has 0 unspecified atom stereocenters. The van der Waals surface area contributed by atoms with Crippen LogP contribution in [0.2, 0.25) is 0 Å². The summed E-state index contributed by atoms with van der Waals surface area (Å²) in [5.74, 6) is 0. The van der Waals surface area contributed by atoms with E-state index >= 15 is 0 Å². The zero-order valence-corrected chi connectivity index (χ0v) is 11.0. The minimum atomic E-state index is 0. The average Bonchev–Trinajstić information content (AvgIpc) is 2.94. The molecule has 0 fully saturated rings. The summed E-state index contributed by atoms with van der Waals surface area (Å²) in [7, 11) is 0. The minimum Gasteiger partial charge on any atom is -0.748 e. The molecule has 0 spiro atoms. The van der Waals surface area contributed by atoms with Gasteiger partial charge in [-0.1, -0.05) is 32.6 Å². The Labute approximate surface area is 110 Å². The Bertz CT molecular complexity index is 275. The van der Waals surface area contributed by atoms with Crippen molar-refractivity contribution in [3.63, 3.8) is 0 Å². The topological polar surface area (TPSA) is 0 Å². The second-order valence-electron chi connectivity index (χ2n) is 3.71. The third kappa shape index (κ3) is 7.50. The Balaban J connectivity index is 0.000000318. The van der Waals surface area contributed by atoms with Crippen molar-refractivity contribution in [1.82, 2.24) is 0 Å². The van der Waals surface area contributed by atoms with Crippen molar-refractivity contribution < 1.29 is 17.1 Å². The maximum atomic E-state index is 2.24. The van der Waals surface area contributed by atoms with E-state index in [0.717, 1.165) is 0 Å². The van der Waals surface area contributed by atoms with Crippen LogP contribution in [0.25, 0.3) is 0 Å². The molecule has 0 aliphatic heterocycles. The van der Waals surface area contributed by atoms with Crippen LogP contribution in [0.3, 0.4) is 0 Å². The zero-order chi connectivity index (χ0) is 10.8. The summed E-state index contributed by atoms with van der Waals surface area (Å²) in [6, 6.07) is 18.6. The van der Waals surface area contributed by atoms with E-state index in [0.29, 0.717) is 0 Å². The zero-order valence-electron chi connectivity index (χ0n) is 9.88. The molecule has 0 amide bonds. The van der Waals surface area contributed by atoms with Crippen LogP contribution in [0, 0.1) is 0 Å². The fourth-order valence-electron chi connectivity index (χ4n) is 1.48. The van der Waals surface area contributed by atoms with Crippen LogP contribution in [0.5, 0.6) is 0 Å². The third-order valence-electron chi connectivity index (χ3n) is 2.36. The minimum absolute atomic E-state index is 0. The first-order valence-corrected chi connectivity index (χ1v) is 5.80. The molecule has 0 saturated heterocycles. The molecule has 0 radical (unpaired) electrons. The first-order chi connectivity index (χ1) is 7.43. The predicted octanol–water partition coefficient (Wildman–Crippen LogP) is 4.54. The van der Waals surface area contributed by atoms with Gasteiger partial charge in [-0.25, -0.2) is 12.1 Å². The Kier molecular flexibility index (Phi) is 10.2. The summed E-state index contributed by atoms with van der Waals surface area (Å²) in [4.78, 5) is 0. The number of rotatable bonds is 4. The van der Waals surface area contributed by atoms with Gasteiger partial charge < -0.3 is 30.3 Å². The Morgan fingerprint density at radius 2 is 1.38 bits per heavy atom. The summed E-state index contributed by atoms with van der Waals surface area (Å²) in [6.45, 7) is 2.24. The third-order valence-corrected chi connectivity index (χ3v) is 2.36. The Hall–Kier alpha value is -0.781. The van der Waals surface area contributed by atoms with E-state index < -0.39 is 0 Å². The van der Waals surface area contributed by atoms with Crippen LogP contribution in [-0.2, 0) is 23.5 Å². The summed E-state index contributed by atoms with van der Waals surface area (Å²) in [5.41, 5.74) is 1.49. The van der Waals surface area contributed by atoms with Gasteiger partial charge in [-0.15, -0.1) is 0 Å². The van der Waals surface area contributed by atoms with Gasteiger partial charge in [-0.05, 0) is 0 Å². The largest absolute Gasteiger partial charge is 0.748 e. The van der Waals surface area contributed by atoms with Crippen LogP contribution in [0.4, 0.5) is 0 Å². The molecule has 0 aliphatic carbocycles. The van der Waals surface area contributed by atoms with Crippen LogP contribution in [0.15, 0.2) is 54.6 Å². The Morgan fingerprint density at radius 3 is 1.81 bits per heavy atom. The molecule has 0 saturated carbocycles. The predicted molar refractivity (Wildman–Crippen MR) is 67.3 cm³/mol. The monoisotopic (exact) mass is 256 g/mol. The standard InChI is InChI=1S/C10H15.C5H5.Fe/c1-2-3-4-7-10-8-5-6-9-10;1-2-4-5-3-1;/h5-6,8-9H,2-4,7H2,1H3;1-5H;/q-1;-5;.